The summed E-state index contributed by atoms with van der Waals surface area (Å²) in [7, 11) is -2.52. The Balaban J connectivity index is 1.98. The van der Waals surface area contributed by atoms with Gasteiger partial charge < -0.3 is 10.1 Å². The molecule has 156 valence electrons. The maximum atomic E-state index is 13.4. The van der Waals surface area contributed by atoms with Crippen LogP contribution in [0.3, 0.4) is 0 Å². The molecule has 0 fully saturated rings. The van der Waals surface area contributed by atoms with E-state index in [1.165, 1.54) is 19.2 Å². The highest BCUT2D eigenvalue weighted by atomic mass is 35.5. The van der Waals surface area contributed by atoms with Crippen molar-refractivity contribution in [2.24, 2.45) is 0 Å². The molecule has 8 heteroatoms. The SMILES string of the molecule is COc1cccc(N(CC(=O)Nc2ccccc2Cl)S(=O)(=O)c2ccc(C)cc2)c1. The lowest BCUT2D eigenvalue weighted by Gasteiger charge is -2.24. The van der Waals surface area contributed by atoms with Gasteiger partial charge in [-0.05, 0) is 43.3 Å². The number of hydrogen-bond acceptors (Lipinski definition) is 4. The van der Waals surface area contributed by atoms with Gasteiger partial charge in [-0.3, -0.25) is 9.10 Å². The Kier molecular flexibility index (Phi) is 6.64. The Morgan fingerprint density at radius 1 is 1.03 bits per heavy atom. The number of hydrogen-bond donors (Lipinski definition) is 1. The highest BCUT2D eigenvalue weighted by Crippen LogP contribution is 2.27. The third kappa shape index (κ3) is 4.93. The predicted octanol–water partition coefficient (Wildman–Crippen LogP) is 4.49. The van der Waals surface area contributed by atoms with E-state index in [0.717, 1.165) is 9.87 Å². The molecule has 0 bridgehead atoms. The van der Waals surface area contributed by atoms with Gasteiger partial charge in [-0.25, -0.2) is 8.42 Å². The quantitative estimate of drug-likeness (QED) is 0.582. The molecule has 0 aromatic heterocycles. The van der Waals surface area contributed by atoms with Crippen LogP contribution in [0.4, 0.5) is 11.4 Å². The maximum Gasteiger partial charge on any atom is 0.264 e. The summed E-state index contributed by atoms with van der Waals surface area (Å²) in [6.07, 6.45) is 0. The number of methoxy groups -OCH3 is 1. The summed E-state index contributed by atoms with van der Waals surface area (Å²) in [6.45, 7) is 1.43. The lowest BCUT2D eigenvalue weighted by Crippen LogP contribution is -2.38. The molecule has 3 aromatic carbocycles. The van der Waals surface area contributed by atoms with Crippen LogP contribution in [0, 0.1) is 6.92 Å². The van der Waals surface area contributed by atoms with E-state index in [1.54, 1.807) is 60.7 Å². The third-order valence-corrected chi connectivity index (χ3v) is 6.50. The monoisotopic (exact) mass is 444 g/mol. The Morgan fingerprint density at radius 2 is 1.73 bits per heavy atom. The molecule has 6 nitrogen and oxygen atoms in total. The number of rotatable bonds is 7. The molecule has 30 heavy (non-hydrogen) atoms. The molecule has 0 aliphatic heterocycles. The molecule has 0 aliphatic rings. The minimum absolute atomic E-state index is 0.0847. The summed E-state index contributed by atoms with van der Waals surface area (Å²) in [5.74, 6) is -0.0512. The van der Waals surface area contributed by atoms with Crippen molar-refractivity contribution < 1.29 is 17.9 Å². The number of ether oxygens (including phenoxy) is 1. The topological polar surface area (TPSA) is 75.7 Å². The molecule has 3 aromatic rings. The standard InChI is InChI=1S/C22H21ClN2O4S/c1-16-10-12-19(13-11-16)30(27,28)25(17-6-5-7-18(14-17)29-2)15-22(26)24-21-9-4-3-8-20(21)23/h3-14H,15H2,1-2H3,(H,24,26). The highest BCUT2D eigenvalue weighted by Gasteiger charge is 2.27. The summed E-state index contributed by atoms with van der Waals surface area (Å²) < 4.78 is 33.0. The fourth-order valence-corrected chi connectivity index (χ4v) is 4.40. The van der Waals surface area contributed by atoms with Gasteiger partial charge in [0.2, 0.25) is 5.91 Å². The summed E-state index contributed by atoms with van der Waals surface area (Å²) in [4.78, 5) is 12.8. The van der Waals surface area contributed by atoms with Crippen molar-refractivity contribution in [3.8, 4) is 5.75 Å². The zero-order valence-corrected chi connectivity index (χ0v) is 18.1. The number of anilines is 2. The van der Waals surface area contributed by atoms with Crippen molar-refractivity contribution >= 4 is 38.9 Å². The average Bonchev–Trinajstić information content (AvgIpc) is 2.74. The second-order valence-corrected chi connectivity index (χ2v) is 8.82. The summed E-state index contributed by atoms with van der Waals surface area (Å²) in [6, 6.07) is 19.7. The Bertz CT molecular complexity index is 1150. The molecule has 0 radical (unpaired) electrons. The number of sulfonamides is 1. The van der Waals surface area contributed by atoms with Crippen LogP contribution in [-0.2, 0) is 14.8 Å². The van der Waals surface area contributed by atoms with Crippen molar-refractivity contribution in [2.75, 3.05) is 23.3 Å². The van der Waals surface area contributed by atoms with Gasteiger partial charge in [-0.1, -0.05) is 47.5 Å². The first-order chi connectivity index (χ1) is 14.3. The van der Waals surface area contributed by atoms with Crippen LogP contribution in [-0.4, -0.2) is 28.0 Å². The number of carbonyl (C=O) groups is 1. The fraction of sp³-hybridized carbons (Fsp3) is 0.136. The molecular weight excluding hydrogens is 424 g/mol. The second kappa shape index (κ2) is 9.19. The number of halogens is 1. The van der Waals surface area contributed by atoms with Crippen LogP contribution in [0.25, 0.3) is 0 Å². The Morgan fingerprint density at radius 3 is 2.40 bits per heavy atom. The van der Waals surface area contributed by atoms with Crippen LogP contribution in [0.2, 0.25) is 5.02 Å². The van der Waals surface area contributed by atoms with Gasteiger partial charge in [0.25, 0.3) is 10.0 Å². The van der Waals surface area contributed by atoms with Crippen molar-refractivity contribution in [1.82, 2.24) is 0 Å². The molecule has 0 spiro atoms. The van der Waals surface area contributed by atoms with Crippen LogP contribution in [0.1, 0.15) is 5.56 Å². The first-order valence-corrected chi connectivity index (χ1v) is 10.9. The van der Waals surface area contributed by atoms with Gasteiger partial charge in [0.1, 0.15) is 12.3 Å². The summed E-state index contributed by atoms with van der Waals surface area (Å²) in [5.41, 5.74) is 1.64. The minimum atomic E-state index is -4.01. The molecule has 3 rings (SSSR count). The zero-order chi connectivity index (χ0) is 21.7. The smallest absolute Gasteiger partial charge is 0.264 e. The molecule has 0 saturated heterocycles. The van der Waals surface area contributed by atoms with Crippen molar-refractivity contribution in [2.45, 2.75) is 11.8 Å². The first kappa shape index (κ1) is 21.7. The Hall–Kier alpha value is -3.03. The molecule has 1 amide bonds. The molecule has 0 unspecified atom stereocenters. The van der Waals surface area contributed by atoms with E-state index in [-0.39, 0.29) is 4.90 Å². The number of aryl methyl sites for hydroxylation is 1. The number of benzene rings is 3. The maximum absolute atomic E-state index is 13.4. The van der Waals surface area contributed by atoms with Crippen LogP contribution in [0.15, 0.2) is 77.7 Å². The van der Waals surface area contributed by atoms with E-state index < -0.39 is 22.5 Å². The minimum Gasteiger partial charge on any atom is -0.497 e. The van der Waals surface area contributed by atoms with E-state index in [4.69, 9.17) is 16.3 Å². The van der Waals surface area contributed by atoms with Crippen molar-refractivity contribution in [3.05, 3.63) is 83.4 Å². The molecule has 0 saturated carbocycles. The van der Waals surface area contributed by atoms with Crippen molar-refractivity contribution in [3.63, 3.8) is 0 Å². The lowest BCUT2D eigenvalue weighted by molar-refractivity contribution is -0.114. The second-order valence-electron chi connectivity index (χ2n) is 6.55. The largest absolute Gasteiger partial charge is 0.497 e. The van der Waals surface area contributed by atoms with E-state index >= 15 is 0 Å². The normalized spacial score (nSPS) is 11.0. The van der Waals surface area contributed by atoms with Gasteiger partial charge in [-0.2, -0.15) is 0 Å². The van der Waals surface area contributed by atoms with Crippen LogP contribution >= 0.6 is 11.6 Å². The van der Waals surface area contributed by atoms with Gasteiger partial charge in [0, 0.05) is 6.07 Å². The molecular formula is C22H21ClN2O4S. The van der Waals surface area contributed by atoms with Crippen molar-refractivity contribution in [1.29, 1.82) is 0 Å². The van der Waals surface area contributed by atoms with E-state index in [1.807, 2.05) is 6.92 Å². The number of nitrogens with one attached hydrogen (secondary N) is 1. The number of nitrogens with zero attached hydrogens (tertiary/aromatic N) is 1. The Labute approximate surface area is 181 Å². The van der Waals surface area contributed by atoms with Gasteiger partial charge in [0.05, 0.1) is 28.4 Å². The van der Waals surface area contributed by atoms with Crippen LogP contribution < -0.4 is 14.4 Å². The van der Waals surface area contributed by atoms with Crippen LogP contribution in [0.5, 0.6) is 5.75 Å². The average molecular weight is 445 g/mol. The number of carbonyl (C=O) groups excluding carboxylic acids is 1. The fourth-order valence-electron chi connectivity index (χ4n) is 2.80. The predicted molar refractivity (Wildman–Crippen MR) is 119 cm³/mol. The zero-order valence-electron chi connectivity index (χ0n) is 16.5. The van der Waals surface area contributed by atoms with Gasteiger partial charge >= 0.3 is 0 Å². The molecule has 0 aliphatic carbocycles. The molecule has 1 N–H and O–H groups in total. The van der Waals surface area contributed by atoms with E-state index in [9.17, 15) is 13.2 Å². The highest BCUT2D eigenvalue weighted by molar-refractivity contribution is 7.92. The number of para-hydroxylation sites is 1. The van der Waals surface area contributed by atoms with Gasteiger partial charge in [-0.15, -0.1) is 0 Å². The molecule has 0 atom stereocenters. The summed E-state index contributed by atoms with van der Waals surface area (Å²) in [5, 5.41) is 3.02. The van der Waals surface area contributed by atoms with E-state index in [2.05, 4.69) is 5.32 Å². The number of amides is 1. The first-order valence-electron chi connectivity index (χ1n) is 9.09. The van der Waals surface area contributed by atoms with Gasteiger partial charge in [0.15, 0.2) is 0 Å². The molecule has 0 heterocycles. The third-order valence-electron chi connectivity index (χ3n) is 4.39. The van der Waals surface area contributed by atoms with E-state index in [0.29, 0.717) is 22.1 Å². The summed E-state index contributed by atoms with van der Waals surface area (Å²) >= 11 is 6.10. The lowest BCUT2D eigenvalue weighted by atomic mass is 10.2.